The Labute approximate surface area is 121 Å². The van der Waals surface area contributed by atoms with Crippen molar-refractivity contribution in [2.45, 2.75) is 25.8 Å². The van der Waals surface area contributed by atoms with Gasteiger partial charge in [0.15, 0.2) is 0 Å². The van der Waals surface area contributed by atoms with Crippen LogP contribution in [-0.2, 0) is 6.42 Å². The number of para-hydroxylation sites is 1. The Kier molecular flexibility index (Phi) is 3.64. The molecule has 0 bridgehead atoms. The maximum absolute atomic E-state index is 12.3. The van der Waals surface area contributed by atoms with Crippen LogP contribution < -0.4 is 10.1 Å². The van der Waals surface area contributed by atoms with Gasteiger partial charge in [-0.25, -0.2) is 0 Å². The van der Waals surface area contributed by atoms with Crippen molar-refractivity contribution in [3.05, 3.63) is 40.4 Å². The fourth-order valence-corrected chi connectivity index (χ4v) is 2.98. The van der Waals surface area contributed by atoms with Crippen LogP contribution in [0.2, 0.25) is 0 Å². The third-order valence-electron chi connectivity index (χ3n) is 3.36. The van der Waals surface area contributed by atoms with Gasteiger partial charge in [0.05, 0.1) is 18.3 Å². The molecule has 0 aliphatic carbocycles. The van der Waals surface area contributed by atoms with Gasteiger partial charge in [-0.2, -0.15) is 0 Å². The Morgan fingerprint density at radius 1 is 1.50 bits per heavy atom. The number of ether oxygens (including phenoxy) is 1. The monoisotopic (exact) mass is 289 g/mol. The van der Waals surface area contributed by atoms with E-state index < -0.39 is 0 Å². The third kappa shape index (κ3) is 2.38. The average molecular weight is 289 g/mol. The second-order valence-corrected chi connectivity index (χ2v) is 5.36. The molecule has 0 fully saturated rings. The number of aryl methyl sites for hydroxylation is 1. The van der Waals surface area contributed by atoms with Crippen LogP contribution in [0.1, 0.15) is 40.3 Å². The van der Waals surface area contributed by atoms with E-state index in [0.717, 1.165) is 35.0 Å². The zero-order chi connectivity index (χ0) is 13.9. The third-order valence-corrected chi connectivity index (χ3v) is 4.13. The van der Waals surface area contributed by atoms with Gasteiger partial charge >= 0.3 is 0 Å². The molecule has 2 aromatic rings. The molecular formula is C14H15N3O2S. The zero-order valence-corrected chi connectivity index (χ0v) is 11.9. The summed E-state index contributed by atoms with van der Waals surface area (Å²) in [5.74, 6) is 0.751. The molecule has 1 N–H and O–H groups in total. The summed E-state index contributed by atoms with van der Waals surface area (Å²) in [5.41, 5.74) is 1.79. The molecule has 1 amide bonds. The predicted molar refractivity (Wildman–Crippen MR) is 76.0 cm³/mol. The van der Waals surface area contributed by atoms with Crippen molar-refractivity contribution in [1.29, 1.82) is 0 Å². The van der Waals surface area contributed by atoms with Gasteiger partial charge in [0.2, 0.25) is 0 Å². The van der Waals surface area contributed by atoms with Crippen molar-refractivity contribution in [3.63, 3.8) is 0 Å². The molecule has 2 heterocycles. The van der Waals surface area contributed by atoms with Crippen LogP contribution in [0.5, 0.6) is 5.75 Å². The summed E-state index contributed by atoms with van der Waals surface area (Å²) in [4.78, 5) is 12.9. The topological polar surface area (TPSA) is 64.1 Å². The second-order valence-electron chi connectivity index (χ2n) is 4.60. The highest BCUT2D eigenvalue weighted by atomic mass is 32.1. The molecule has 1 aliphatic rings. The molecule has 5 nitrogen and oxygen atoms in total. The zero-order valence-electron chi connectivity index (χ0n) is 11.1. The maximum Gasteiger partial charge on any atom is 0.265 e. The molecule has 0 spiro atoms. The number of nitrogens with zero attached hydrogens (tertiary/aromatic N) is 2. The van der Waals surface area contributed by atoms with Crippen molar-refractivity contribution >= 4 is 17.4 Å². The number of amides is 1. The lowest BCUT2D eigenvalue weighted by Crippen LogP contribution is -2.32. The van der Waals surface area contributed by atoms with Crippen LogP contribution in [0.3, 0.4) is 0 Å². The predicted octanol–water partition coefficient (Wildman–Crippen LogP) is 2.35. The molecule has 0 unspecified atom stereocenters. The average Bonchev–Trinajstić information content (AvgIpc) is 2.96. The molecule has 20 heavy (non-hydrogen) atoms. The number of hydrogen-bond donors (Lipinski definition) is 1. The molecule has 1 atom stereocenters. The molecule has 1 aliphatic heterocycles. The molecule has 1 aromatic heterocycles. The van der Waals surface area contributed by atoms with Crippen LogP contribution in [0, 0.1) is 0 Å². The van der Waals surface area contributed by atoms with Gasteiger partial charge in [-0.15, -0.1) is 5.10 Å². The lowest BCUT2D eigenvalue weighted by molar-refractivity contribution is 0.0928. The SMILES string of the molecule is CCc1nnsc1C(=O)N[C@@H]1CCOc2ccccc21. The van der Waals surface area contributed by atoms with Crippen molar-refractivity contribution in [3.8, 4) is 5.75 Å². The number of nitrogens with one attached hydrogen (secondary N) is 1. The first-order chi connectivity index (χ1) is 9.79. The van der Waals surface area contributed by atoms with E-state index in [0.29, 0.717) is 17.9 Å². The van der Waals surface area contributed by atoms with Crippen molar-refractivity contribution < 1.29 is 9.53 Å². The highest BCUT2D eigenvalue weighted by Gasteiger charge is 2.24. The Morgan fingerprint density at radius 3 is 3.20 bits per heavy atom. The lowest BCUT2D eigenvalue weighted by Gasteiger charge is -2.26. The van der Waals surface area contributed by atoms with Crippen LogP contribution in [0.15, 0.2) is 24.3 Å². The Morgan fingerprint density at radius 2 is 2.35 bits per heavy atom. The summed E-state index contributed by atoms with van der Waals surface area (Å²) in [5, 5.41) is 7.04. The summed E-state index contributed by atoms with van der Waals surface area (Å²) in [6.07, 6.45) is 1.49. The second kappa shape index (κ2) is 5.58. The Bertz CT molecular complexity index is 626. The van der Waals surface area contributed by atoms with E-state index in [1.165, 1.54) is 0 Å². The first-order valence-electron chi connectivity index (χ1n) is 6.63. The maximum atomic E-state index is 12.3. The number of benzene rings is 1. The minimum absolute atomic E-state index is 0.0146. The summed E-state index contributed by atoms with van der Waals surface area (Å²) < 4.78 is 9.46. The van der Waals surface area contributed by atoms with E-state index in [1.807, 2.05) is 31.2 Å². The standard InChI is InChI=1S/C14H15N3O2S/c1-2-10-13(20-17-16-10)14(18)15-11-7-8-19-12-6-4-3-5-9(11)12/h3-6,11H,2,7-8H2,1H3,(H,15,18)/t11-/m1/s1. The highest BCUT2D eigenvalue weighted by Crippen LogP contribution is 2.31. The molecule has 3 rings (SSSR count). The smallest absolute Gasteiger partial charge is 0.265 e. The molecule has 1 aromatic carbocycles. The number of carbonyl (C=O) groups is 1. The Balaban J connectivity index is 1.81. The molecule has 0 saturated carbocycles. The number of carbonyl (C=O) groups excluding carboxylic acids is 1. The molecule has 0 radical (unpaired) electrons. The quantitative estimate of drug-likeness (QED) is 0.942. The van der Waals surface area contributed by atoms with E-state index in [2.05, 4.69) is 14.9 Å². The van der Waals surface area contributed by atoms with Crippen molar-refractivity contribution in [2.75, 3.05) is 6.61 Å². The van der Waals surface area contributed by atoms with Gasteiger partial charge in [-0.1, -0.05) is 29.6 Å². The highest BCUT2D eigenvalue weighted by molar-refractivity contribution is 7.08. The van der Waals surface area contributed by atoms with Crippen molar-refractivity contribution in [2.24, 2.45) is 0 Å². The van der Waals surface area contributed by atoms with Crippen LogP contribution >= 0.6 is 11.5 Å². The summed E-state index contributed by atoms with van der Waals surface area (Å²) in [6.45, 7) is 2.58. The summed E-state index contributed by atoms with van der Waals surface area (Å²) >= 11 is 1.15. The van der Waals surface area contributed by atoms with Gasteiger partial charge in [0.1, 0.15) is 10.6 Å². The largest absolute Gasteiger partial charge is 0.493 e. The van der Waals surface area contributed by atoms with Gasteiger partial charge in [-0.3, -0.25) is 4.79 Å². The van der Waals surface area contributed by atoms with Gasteiger partial charge in [-0.05, 0) is 24.0 Å². The molecule has 0 saturated heterocycles. The lowest BCUT2D eigenvalue weighted by atomic mass is 10.0. The van der Waals surface area contributed by atoms with E-state index in [-0.39, 0.29) is 11.9 Å². The van der Waals surface area contributed by atoms with Crippen LogP contribution in [0.4, 0.5) is 0 Å². The summed E-state index contributed by atoms with van der Waals surface area (Å²) in [6, 6.07) is 7.80. The number of hydrogen-bond acceptors (Lipinski definition) is 5. The first kappa shape index (κ1) is 13.1. The van der Waals surface area contributed by atoms with Gasteiger partial charge in [0.25, 0.3) is 5.91 Å². The normalized spacial score (nSPS) is 17.1. The minimum Gasteiger partial charge on any atom is -0.493 e. The number of rotatable bonds is 3. The van der Waals surface area contributed by atoms with Gasteiger partial charge in [0, 0.05) is 12.0 Å². The number of fused-ring (bicyclic) bond motifs is 1. The number of aromatic nitrogens is 2. The van der Waals surface area contributed by atoms with E-state index >= 15 is 0 Å². The van der Waals surface area contributed by atoms with E-state index in [9.17, 15) is 4.79 Å². The Hall–Kier alpha value is -1.95. The van der Waals surface area contributed by atoms with Crippen LogP contribution in [-0.4, -0.2) is 22.1 Å². The van der Waals surface area contributed by atoms with Crippen molar-refractivity contribution in [1.82, 2.24) is 14.9 Å². The molecular weight excluding hydrogens is 274 g/mol. The van der Waals surface area contributed by atoms with Crippen LogP contribution in [0.25, 0.3) is 0 Å². The summed E-state index contributed by atoms with van der Waals surface area (Å²) in [7, 11) is 0. The first-order valence-corrected chi connectivity index (χ1v) is 7.40. The molecule has 6 heteroatoms. The fourth-order valence-electron chi connectivity index (χ4n) is 2.33. The fraction of sp³-hybridized carbons (Fsp3) is 0.357. The van der Waals surface area contributed by atoms with E-state index in [1.54, 1.807) is 0 Å². The molecule has 104 valence electrons. The van der Waals surface area contributed by atoms with E-state index in [4.69, 9.17) is 4.74 Å². The van der Waals surface area contributed by atoms with Gasteiger partial charge < -0.3 is 10.1 Å². The minimum atomic E-state index is -0.0986.